The van der Waals surface area contributed by atoms with Crippen LogP contribution in [0.3, 0.4) is 0 Å². The van der Waals surface area contributed by atoms with E-state index in [4.69, 9.17) is 4.52 Å². The van der Waals surface area contributed by atoms with E-state index >= 15 is 0 Å². The van der Waals surface area contributed by atoms with Crippen molar-refractivity contribution >= 4 is 35.8 Å². The maximum atomic E-state index is 12.3. The number of nitrogens with one attached hydrogen (secondary N) is 2. The van der Waals surface area contributed by atoms with Gasteiger partial charge in [-0.3, -0.25) is 4.79 Å². The highest BCUT2D eigenvalue weighted by molar-refractivity contribution is 14.0. The lowest BCUT2D eigenvalue weighted by atomic mass is 9.99. The molecule has 0 saturated carbocycles. The van der Waals surface area contributed by atoms with Crippen molar-refractivity contribution in [1.82, 2.24) is 20.7 Å². The summed E-state index contributed by atoms with van der Waals surface area (Å²) in [5.41, 5.74) is 0.891. The molecular formula is C17H29F3IN5O2. The van der Waals surface area contributed by atoms with Crippen molar-refractivity contribution in [3.8, 4) is 0 Å². The monoisotopic (exact) mass is 519 g/mol. The van der Waals surface area contributed by atoms with E-state index in [2.05, 4.69) is 34.6 Å². The summed E-state index contributed by atoms with van der Waals surface area (Å²) in [7, 11) is 1.10. The average Bonchev–Trinajstić information content (AvgIpc) is 3.05. The Balaban J connectivity index is 0.00000729. The molecule has 0 spiro atoms. The molecule has 11 heteroatoms. The van der Waals surface area contributed by atoms with E-state index in [1.165, 1.54) is 0 Å². The van der Waals surface area contributed by atoms with E-state index in [1.54, 1.807) is 0 Å². The van der Waals surface area contributed by atoms with Crippen LogP contribution in [0, 0.1) is 0 Å². The van der Waals surface area contributed by atoms with Gasteiger partial charge in [-0.15, -0.1) is 24.0 Å². The van der Waals surface area contributed by atoms with Crippen LogP contribution in [0.4, 0.5) is 13.2 Å². The number of likely N-dealkylation sites (N-methyl/N-ethyl adjacent to an activating group) is 1. The Hall–Kier alpha value is -1.53. The van der Waals surface area contributed by atoms with Crippen LogP contribution < -0.4 is 10.6 Å². The van der Waals surface area contributed by atoms with E-state index in [1.807, 2.05) is 13.0 Å². The average molecular weight is 519 g/mol. The molecule has 1 heterocycles. The van der Waals surface area contributed by atoms with Crippen molar-refractivity contribution in [3.05, 3.63) is 17.5 Å². The highest BCUT2D eigenvalue weighted by Gasteiger charge is 2.31. The minimum Gasteiger partial charge on any atom is -0.359 e. The molecule has 0 bridgehead atoms. The van der Waals surface area contributed by atoms with E-state index in [-0.39, 0.29) is 24.0 Å². The number of aromatic nitrogens is 1. The second-order valence-electron chi connectivity index (χ2n) is 6.15. The van der Waals surface area contributed by atoms with E-state index < -0.39 is 25.2 Å². The third-order valence-electron chi connectivity index (χ3n) is 3.97. The molecule has 0 radical (unpaired) electrons. The van der Waals surface area contributed by atoms with Gasteiger partial charge in [-0.25, -0.2) is 4.99 Å². The number of nitrogens with zero attached hydrogens (tertiary/aromatic N) is 3. The van der Waals surface area contributed by atoms with Crippen LogP contribution in [0.2, 0.25) is 0 Å². The number of guanidine groups is 1. The Kier molecular flexibility index (Phi) is 12.1. The SMILES string of the molecule is CCNC(=NCC(=O)N(C)CC(F)(F)F)NCc1cc(C(CC)CC)no1.I. The number of carbonyl (C=O) groups excluding carboxylic acids is 1. The molecule has 0 aliphatic rings. The van der Waals surface area contributed by atoms with Gasteiger partial charge in [-0.05, 0) is 19.8 Å². The van der Waals surface area contributed by atoms with Gasteiger partial charge in [0.15, 0.2) is 11.7 Å². The Morgan fingerprint density at radius 3 is 2.46 bits per heavy atom. The molecule has 0 unspecified atom stereocenters. The summed E-state index contributed by atoms with van der Waals surface area (Å²) in [6.07, 6.45) is -2.50. The zero-order chi connectivity index (χ0) is 20.4. The first-order chi connectivity index (χ1) is 12.7. The number of hydrogen-bond acceptors (Lipinski definition) is 4. The summed E-state index contributed by atoms with van der Waals surface area (Å²) in [6, 6.07) is 1.87. The van der Waals surface area contributed by atoms with Crippen LogP contribution in [-0.4, -0.2) is 54.8 Å². The van der Waals surface area contributed by atoms with Crippen molar-refractivity contribution in [3.63, 3.8) is 0 Å². The minimum absolute atomic E-state index is 0. The molecule has 1 rings (SSSR count). The number of alkyl halides is 3. The molecule has 0 aliphatic carbocycles. The van der Waals surface area contributed by atoms with E-state index in [0.29, 0.717) is 35.6 Å². The molecule has 0 atom stereocenters. The molecule has 1 amide bonds. The number of aliphatic imine (C=N–C) groups is 1. The molecule has 162 valence electrons. The Morgan fingerprint density at radius 1 is 1.29 bits per heavy atom. The van der Waals surface area contributed by atoms with Gasteiger partial charge in [0.1, 0.15) is 13.1 Å². The molecular weight excluding hydrogens is 490 g/mol. The van der Waals surface area contributed by atoms with Crippen LogP contribution in [-0.2, 0) is 11.3 Å². The van der Waals surface area contributed by atoms with Crippen LogP contribution in [0.15, 0.2) is 15.6 Å². The van der Waals surface area contributed by atoms with Gasteiger partial charge in [0.25, 0.3) is 0 Å². The predicted molar refractivity (Wildman–Crippen MR) is 112 cm³/mol. The molecule has 7 nitrogen and oxygen atoms in total. The number of carbonyl (C=O) groups is 1. The highest BCUT2D eigenvalue weighted by atomic mass is 127. The normalized spacial score (nSPS) is 11.9. The molecule has 0 saturated heterocycles. The number of halogens is 4. The summed E-state index contributed by atoms with van der Waals surface area (Å²) in [4.78, 5) is 16.4. The summed E-state index contributed by atoms with van der Waals surface area (Å²) in [5.74, 6) is 0.543. The molecule has 0 aromatic carbocycles. The second-order valence-corrected chi connectivity index (χ2v) is 6.15. The summed E-state index contributed by atoms with van der Waals surface area (Å²) < 4.78 is 42.3. The Bertz CT molecular complexity index is 618. The van der Waals surface area contributed by atoms with Crippen LogP contribution in [0.1, 0.15) is 51.0 Å². The van der Waals surface area contributed by atoms with Gasteiger partial charge in [0.05, 0.1) is 12.2 Å². The zero-order valence-electron chi connectivity index (χ0n) is 16.6. The van der Waals surface area contributed by atoms with Gasteiger partial charge in [0.2, 0.25) is 5.91 Å². The lowest BCUT2D eigenvalue weighted by Gasteiger charge is -2.18. The number of amides is 1. The fraction of sp³-hybridized carbons (Fsp3) is 0.706. The van der Waals surface area contributed by atoms with Crippen LogP contribution in [0.5, 0.6) is 0 Å². The molecule has 0 fully saturated rings. The first-order valence-electron chi connectivity index (χ1n) is 8.98. The lowest BCUT2D eigenvalue weighted by Crippen LogP contribution is -2.40. The summed E-state index contributed by atoms with van der Waals surface area (Å²) in [5, 5.41) is 9.98. The van der Waals surface area contributed by atoms with Crippen molar-refractivity contribution in [2.45, 2.75) is 52.3 Å². The minimum atomic E-state index is -4.43. The van der Waals surface area contributed by atoms with Gasteiger partial charge < -0.3 is 20.1 Å². The standard InChI is InChI=1S/C17H28F3N5O2.HI/c1-5-12(6-2)14-8-13(27-24-14)9-22-16(21-7-3)23-10-15(26)25(4)11-17(18,19)20;/h8,12H,5-7,9-11H2,1-4H3,(H2,21,22,23);1H. The fourth-order valence-corrected chi connectivity index (χ4v) is 2.45. The summed E-state index contributed by atoms with van der Waals surface area (Å²) in [6.45, 7) is 5.15. The smallest absolute Gasteiger partial charge is 0.359 e. The second kappa shape index (κ2) is 12.8. The van der Waals surface area contributed by atoms with Gasteiger partial charge in [-0.2, -0.15) is 13.2 Å². The molecule has 2 N–H and O–H groups in total. The molecule has 1 aromatic heterocycles. The van der Waals surface area contributed by atoms with Crippen molar-refractivity contribution < 1.29 is 22.5 Å². The predicted octanol–water partition coefficient (Wildman–Crippen LogP) is 3.27. The van der Waals surface area contributed by atoms with E-state index in [0.717, 1.165) is 25.6 Å². The van der Waals surface area contributed by atoms with Gasteiger partial charge >= 0.3 is 6.18 Å². The summed E-state index contributed by atoms with van der Waals surface area (Å²) >= 11 is 0. The van der Waals surface area contributed by atoms with E-state index in [9.17, 15) is 18.0 Å². The molecule has 28 heavy (non-hydrogen) atoms. The largest absolute Gasteiger partial charge is 0.406 e. The third-order valence-corrected chi connectivity index (χ3v) is 3.97. The maximum absolute atomic E-state index is 12.3. The van der Waals surface area contributed by atoms with Crippen molar-refractivity contribution in [2.24, 2.45) is 4.99 Å². The van der Waals surface area contributed by atoms with Gasteiger partial charge in [-0.1, -0.05) is 19.0 Å². The quantitative estimate of drug-likeness (QED) is 0.298. The molecule has 1 aromatic rings. The Morgan fingerprint density at radius 2 is 1.93 bits per heavy atom. The third kappa shape index (κ3) is 9.60. The fourth-order valence-electron chi connectivity index (χ4n) is 2.45. The highest BCUT2D eigenvalue weighted by Crippen LogP contribution is 2.22. The molecule has 0 aliphatic heterocycles. The van der Waals surface area contributed by atoms with Crippen molar-refractivity contribution in [2.75, 3.05) is 26.7 Å². The van der Waals surface area contributed by atoms with Crippen molar-refractivity contribution in [1.29, 1.82) is 0 Å². The lowest BCUT2D eigenvalue weighted by molar-refractivity contribution is -0.157. The van der Waals surface area contributed by atoms with Crippen LogP contribution >= 0.6 is 24.0 Å². The Labute approximate surface area is 180 Å². The zero-order valence-corrected chi connectivity index (χ0v) is 18.9. The maximum Gasteiger partial charge on any atom is 0.406 e. The van der Waals surface area contributed by atoms with Crippen LogP contribution in [0.25, 0.3) is 0 Å². The number of rotatable bonds is 9. The first-order valence-corrected chi connectivity index (χ1v) is 8.98. The number of hydrogen-bond donors (Lipinski definition) is 2. The topological polar surface area (TPSA) is 82.8 Å². The first kappa shape index (κ1) is 26.5. The van der Waals surface area contributed by atoms with Gasteiger partial charge in [0, 0.05) is 25.6 Å².